The number of benzene rings is 2. The zero-order valence-electron chi connectivity index (χ0n) is 22.2. The Bertz CT molecular complexity index is 1510. The molecule has 1 aromatic heterocycles. The SMILES string of the molecule is COc1c(O[C@@H]2OC(C)[C@H](O)C(O)[C@@H]2O)cc2oc(-c3ccc(O)c(O[C@@H]4OC[C@@H](O)[C@H](O)C4O)c3)cc(=O)c2c1O. The lowest BCUT2D eigenvalue weighted by Gasteiger charge is -2.39. The second-order valence-electron chi connectivity index (χ2n) is 9.95. The van der Waals surface area contributed by atoms with Crippen LogP contribution >= 0.6 is 0 Å². The van der Waals surface area contributed by atoms with Gasteiger partial charge in [0, 0.05) is 17.7 Å². The monoisotopic (exact) mass is 594 g/mol. The number of fused-ring (bicyclic) bond motifs is 1. The van der Waals surface area contributed by atoms with E-state index in [1.165, 1.54) is 38.3 Å². The molecule has 228 valence electrons. The Labute approximate surface area is 236 Å². The van der Waals surface area contributed by atoms with Gasteiger partial charge in [0.2, 0.25) is 18.3 Å². The van der Waals surface area contributed by atoms with Gasteiger partial charge in [-0.3, -0.25) is 4.79 Å². The van der Waals surface area contributed by atoms with Crippen LogP contribution in [0.4, 0.5) is 0 Å². The number of ether oxygens (including phenoxy) is 5. The summed E-state index contributed by atoms with van der Waals surface area (Å²) in [7, 11) is 1.20. The van der Waals surface area contributed by atoms with E-state index in [1.807, 2.05) is 0 Å². The summed E-state index contributed by atoms with van der Waals surface area (Å²) in [6.45, 7) is 1.13. The van der Waals surface area contributed by atoms with Crippen LogP contribution < -0.4 is 19.6 Å². The molecule has 2 aliphatic heterocycles. The van der Waals surface area contributed by atoms with Crippen LogP contribution in [0.2, 0.25) is 0 Å². The summed E-state index contributed by atoms with van der Waals surface area (Å²) in [5.74, 6) is -1.77. The number of hydrogen-bond donors (Lipinski definition) is 8. The molecule has 3 unspecified atom stereocenters. The molecule has 3 aromatic rings. The highest BCUT2D eigenvalue weighted by atomic mass is 16.7. The molecule has 3 heterocycles. The highest BCUT2D eigenvalue weighted by Gasteiger charge is 2.44. The van der Waals surface area contributed by atoms with Crippen molar-refractivity contribution in [3.63, 3.8) is 0 Å². The number of phenolic OH excluding ortho intramolecular Hbond substituents is 2. The lowest BCUT2D eigenvalue weighted by Crippen LogP contribution is -2.58. The highest BCUT2D eigenvalue weighted by molar-refractivity contribution is 5.89. The Morgan fingerprint density at radius 2 is 1.52 bits per heavy atom. The quantitative estimate of drug-likeness (QED) is 0.169. The van der Waals surface area contributed by atoms with E-state index in [-0.39, 0.29) is 51.9 Å². The first-order valence-electron chi connectivity index (χ1n) is 12.8. The molecule has 0 amide bonds. The van der Waals surface area contributed by atoms with E-state index in [0.29, 0.717) is 0 Å². The molecular formula is C27H30O15. The average molecular weight is 595 g/mol. The van der Waals surface area contributed by atoms with Gasteiger partial charge in [0.25, 0.3) is 0 Å². The second kappa shape index (κ2) is 11.5. The summed E-state index contributed by atoms with van der Waals surface area (Å²) in [5, 5.41) is 81.1. The minimum Gasteiger partial charge on any atom is -0.504 e. The number of methoxy groups -OCH3 is 1. The average Bonchev–Trinajstić information content (AvgIpc) is 2.95. The second-order valence-corrected chi connectivity index (χ2v) is 9.95. The van der Waals surface area contributed by atoms with Gasteiger partial charge in [0.05, 0.1) is 19.8 Å². The molecule has 5 rings (SSSR count). The van der Waals surface area contributed by atoms with Gasteiger partial charge in [-0.15, -0.1) is 0 Å². The van der Waals surface area contributed by atoms with Crippen molar-refractivity contribution >= 4 is 11.0 Å². The van der Waals surface area contributed by atoms with Gasteiger partial charge in [-0.05, 0) is 25.1 Å². The maximum atomic E-state index is 13.1. The maximum absolute atomic E-state index is 13.1. The lowest BCUT2D eigenvalue weighted by molar-refractivity contribution is -0.268. The molecule has 2 aliphatic rings. The molecule has 0 radical (unpaired) electrons. The van der Waals surface area contributed by atoms with Crippen molar-refractivity contribution in [3.05, 3.63) is 40.6 Å². The van der Waals surface area contributed by atoms with E-state index >= 15 is 0 Å². The van der Waals surface area contributed by atoms with Crippen LogP contribution in [-0.4, -0.2) is 110 Å². The van der Waals surface area contributed by atoms with E-state index in [4.69, 9.17) is 28.1 Å². The van der Waals surface area contributed by atoms with Crippen molar-refractivity contribution in [2.24, 2.45) is 0 Å². The van der Waals surface area contributed by atoms with Crippen LogP contribution in [0.1, 0.15) is 6.92 Å². The van der Waals surface area contributed by atoms with Crippen LogP contribution in [-0.2, 0) is 9.47 Å². The van der Waals surface area contributed by atoms with E-state index < -0.39 is 66.5 Å². The number of phenols is 2. The van der Waals surface area contributed by atoms with E-state index in [0.717, 1.165) is 6.07 Å². The third-order valence-electron chi connectivity index (χ3n) is 7.11. The normalized spacial score (nSPS) is 31.6. The topological polar surface area (TPSA) is 238 Å². The molecule has 0 spiro atoms. The predicted molar refractivity (Wildman–Crippen MR) is 139 cm³/mol. The van der Waals surface area contributed by atoms with Gasteiger partial charge in [-0.2, -0.15) is 0 Å². The molecule has 9 atom stereocenters. The number of aliphatic hydroxyl groups is 6. The minimum absolute atomic E-state index is 0.0467. The van der Waals surface area contributed by atoms with Crippen LogP contribution in [0, 0.1) is 0 Å². The summed E-state index contributed by atoms with van der Waals surface area (Å²) >= 11 is 0. The van der Waals surface area contributed by atoms with Crippen molar-refractivity contribution < 1.29 is 69.0 Å². The largest absolute Gasteiger partial charge is 0.504 e. The fraction of sp³-hybridized carbons (Fsp3) is 0.444. The maximum Gasteiger partial charge on any atom is 0.229 e. The first-order chi connectivity index (χ1) is 19.9. The molecule has 0 saturated carbocycles. The molecule has 2 saturated heterocycles. The third kappa shape index (κ3) is 5.32. The molecule has 15 nitrogen and oxygen atoms in total. The van der Waals surface area contributed by atoms with Gasteiger partial charge >= 0.3 is 0 Å². The number of hydrogen-bond acceptors (Lipinski definition) is 15. The minimum atomic E-state index is -1.68. The van der Waals surface area contributed by atoms with Crippen LogP contribution in [0.5, 0.6) is 28.7 Å². The van der Waals surface area contributed by atoms with Gasteiger partial charge in [-0.25, -0.2) is 0 Å². The van der Waals surface area contributed by atoms with Gasteiger partial charge in [0.15, 0.2) is 28.4 Å². The number of aliphatic hydroxyl groups excluding tert-OH is 6. The van der Waals surface area contributed by atoms with Gasteiger partial charge in [0.1, 0.15) is 53.4 Å². The molecule has 0 bridgehead atoms. The van der Waals surface area contributed by atoms with E-state index in [9.17, 15) is 45.6 Å². The van der Waals surface area contributed by atoms with Crippen molar-refractivity contribution in [1.29, 1.82) is 0 Å². The lowest BCUT2D eigenvalue weighted by atomic mass is 10.00. The Hall–Kier alpha value is -3.67. The zero-order valence-corrected chi connectivity index (χ0v) is 22.2. The summed E-state index contributed by atoms with van der Waals surface area (Å²) in [6.07, 6.45) is -13.0. The van der Waals surface area contributed by atoms with E-state index in [1.54, 1.807) is 0 Å². The Morgan fingerprint density at radius 3 is 2.24 bits per heavy atom. The fourth-order valence-corrected chi connectivity index (χ4v) is 4.69. The summed E-state index contributed by atoms with van der Waals surface area (Å²) in [5.41, 5.74) is -0.653. The molecule has 2 aromatic carbocycles. The number of aromatic hydroxyl groups is 2. The van der Waals surface area contributed by atoms with Crippen molar-refractivity contribution in [2.45, 2.75) is 62.2 Å². The first kappa shape index (κ1) is 29.8. The molecule has 8 N–H and O–H groups in total. The summed E-state index contributed by atoms with van der Waals surface area (Å²) in [4.78, 5) is 13.1. The van der Waals surface area contributed by atoms with Crippen LogP contribution in [0.15, 0.2) is 39.5 Å². The summed E-state index contributed by atoms with van der Waals surface area (Å²) < 4.78 is 33.0. The third-order valence-corrected chi connectivity index (χ3v) is 7.11. The molecular weight excluding hydrogens is 564 g/mol. The zero-order chi connectivity index (χ0) is 30.5. The van der Waals surface area contributed by atoms with E-state index in [2.05, 4.69) is 0 Å². The standard InChI is InChI=1S/C27H30O15/c1-9-19(31)22(34)24(36)27(39-9)42-17-7-16-18(21(33)25(17)37-2)12(29)6-14(40-16)10-3-4-11(28)15(5-10)41-26-23(35)20(32)13(30)8-38-26/h3-7,9,13,19-20,22-24,26-28,30-36H,8H2,1-2H3/t9?,13-,19+,20+,22?,23?,24+,26+,27+/m1/s1. The Morgan fingerprint density at radius 1 is 0.833 bits per heavy atom. The molecule has 42 heavy (non-hydrogen) atoms. The van der Waals surface area contributed by atoms with Gasteiger partial charge < -0.3 is 69.0 Å². The van der Waals surface area contributed by atoms with Crippen LogP contribution in [0.25, 0.3) is 22.3 Å². The fourth-order valence-electron chi connectivity index (χ4n) is 4.69. The van der Waals surface area contributed by atoms with Crippen LogP contribution in [0.3, 0.4) is 0 Å². The van der Waals surface area contributed by atoms with Crippen molar-refractivity contribution in [1.82, 2.24) is 0 Å². The van der Waals surface area contributed by atoms with Crippen molar-refractivity contribution in [2.75, 3.05) is 13.7 Å². The highest BCUT2D eigenvalue weighted by Crippen LogP contribution is 2.44. The smallest absolute Gasteiger partial charge is 0.229 e. The van der Waals surface area contributed by atoms with Crippen molar-refractivity contribution in [3.8, 4) is 40.1 Å². The summed E-state index contributed by atoms with van der Waals surface area (Å²) in [6, 6.07) is 6.15. The Kier molecular flexibility index (Phi) is 8.19. The Balaban J connectivity index is 1.51. The number of rotatable bonds is 6. The first-order valence-corrected chi connectivity index (χ1v) is 12.8. The molecule has 0 aliphatic carbocycles. The predicted octanol–water partition coefficient (Wildman–Crippen LogP) is -1.10. The molecule has 2 fully saturated rings. The molecule has 15 heteroatoms. The van der Waals surface area contributed by atoms with Gasteiger partial charge in [-0.1, -0.05) is 0 Å².